The Hall–Kier alpha value is 0.640. The summed E-state index contributed by atoms with van der Waals surface area (Å²) in [4.78, 5) is 0. The van der Waals surface area contributed by atoms with Gasteiger partial charge in [0.2, 0.25) is 0 Å². The number of aliphatic hydroxyl groups is 1. The first kappa shape index (κ1) is 9.73. The second kappa shape index (κ2) is 3.18. The predicted octanol–water partition coefficient (Wildman–Crippen LogP) is 0.563. The number of aliphatic hydroxyl groups excluding tert-OH is 1. The van der Waals surface area contributed by atoms with Crippen LogP contribution < -0.4 is 0 Å². The van der Waals surface area contributed by atoms with Crippen molar-refractivity contribution in [3.05, 3.63) is 0 Å². The first-order chi connectivity index (χ1) is 4.93. The Balaban J connectivity index is 2.59. The van der Waals surface area contributed by atoms with Crippen LogP contribution in [0.15, 0.2) is 0 Å². The molecule has 0 aromatic rings. The van der Waals surface area contributed by atoms with E-state index in [1.54, 1.807) is 22.6 Å². The van der Waals surface area contributed by atoms with Gasteiger partial charge < -0.3 is 5.11 Å². The smallest absolute Gasteiger partial charge is 0.162 e. The molecule has 2 unspecified atom stereocenters. The maximum Gasteiger partial charge on any atom is 0.162 e. The summed E-state index contributed by atoms with van der Waals surface area (Å²) in [6.45, 7) is 0. The molecule has 1 N–H and O–H groups in total. The van der Waals surface area contributed by atoms with Crippen molar-refractivity contribution < 1.29 is 13.5 Å². The third kappa shape index (κ3) is 2.55. The van der Waals surface area contributed by atoms with Crippen molar-refractivity contribution in [2.75, 3.05) is 6.26 Å². The number of hydrogen-bond acceptors (Lipinski definition) is 3. The summed E-state index contributed by atoms with van der Waals surface area (Å²) in [5, 5.41) is 9.41. The molecule has 3 nitrogen and oxygen atoms in total. The van der Waals surface area contributed by atoms with E-state index in [1.165, 1.54) is 0 Å². The van der Waals surface area contributed by atoms with Crippen molar-refractivity contribution in [3.8, 4) is 0 Å². The van der Waals surface area contributed by atoms with Gasteiger partial charge in [-0.05, 0) is 18.8 Å². The molecular formula is C6H11IO3S. The molecule has 1 aliphatic carbocycles. The van der Waals surface area contributed by atoms with Crippen molar-refractivity contribution in [1.82, 2.24) is 0 Å². The fourth-order valence-electron chi connectivity index (χ4n) is 0.905. The quantitative estimate of drug-likeness (QED) is 0.610. The standard InChI is InChI=1S/C6H11IO3S/c1-11(9,10)6(7)5(8)4-2-3-4/h4-6,8H,2-3H2,1H3. The van der Waals surface area contributed by atoms with Crippen LogP contribution in [0.5, 0.6) is 0 Å². The van der Waals surface area contributed by atoms with Crippen LogP contribution in [0.25, 0.3) is 0 Å². The fourth-order valence-corrected chi connectivity index (χ4v) is 2.22. The van der Waals surface area contributed by atoms with E-state index in [0.29, 0.717) is 0 Å². The van der Waals surface area contributed by atoms with Crippen molar-refractivity contribution in [1.29, 1.82) is 0 Å². The largest absolute Gasteiger partial charge is 0.391 e. The molecule has 0 aromatic carbocycles. The van der Waals surface area contributed by atoms with Gasteiger partial charge in [0.15, 0.2) is 9.84 Å². The highest BCUT2D eigenvalue weighted by Gasteiger charge is 2.38. The van der Waals surface area contributed by atoms with Crippen molar-refractivity contribution in [2.24, 2.45) is 5.92 Å². The summed E-state index contributed by atoms with van der Waals surface area (Å²) in [6, 6.07) is 0. The molecule has 1 aliphatic rings. The van der Waals surface area contributed by atoms with Gasteiger partial charge in [0.05, 0.1) is 6.10 Å². The Morgan fingerprint density at radius 2 is 2.00 bits per heavy atom. The van der Waals surface area contributed by atoms with Crippen molar-refractivity contribution in [2.45, 2.75) is 22.2 Å². The molecule has 0 aromatic heterocycles. The van der Waals surface area contributed by atoms with Crippen LogP contribution in [-0.4, -0.2) is 29.1 Å². The van der Waals surface area contributed by atoms with E-state index >= 15 is 0 Å². The minimum absolute atomic E-state index is 0.228. The lowest BCUT2D eigenvalue weighted by atomic mass is 10.3. The van der Waals surface area contributed by atoms with E-state index in [-0.39, 0.29) is 5.92 Å². The molecule has 1 rings (SSSR count). The van der Waals surface area contributed by atoms with Crippen LogP contribution in [0.3, 0.4) is 0 Å². The molecule has 1 saturated carbocycles. The molecule has 0 spiro atoms. The summed E-state index contributed by atoms with van der Waals surface area (Å²) >= 11 is 1.79. The van der Waals surface area contributed by atoms with Gasteiger partial charge in [-0.25, -0.2) is 8.42 Å². The van der Waals surface area contributed by atoms with E-state index in [4.69, 9.17) is 0 Å². The first-order valence-corrected chi connectivity index (χ1v) is 6.64. The second-order valence-electron chi connectivity index (χ2n) is 3.01. The zero-order chi connectivity index (χ0) is 8.65. The van der Waals surface area contributed by atoms with Gasteiger partial charge in [-0.3, -0.25) is 0 Å². The number of halogens is 1. The predicted molar refractivity (Wildman–Crippen MR) is 51.4 cm³/mol. The van der Waals surface area contributed by atoms with E-state index in [9.17, 15) is 13.5 Å². The Morgan fingerprint density at radius 3 is 2.27 bits per heavy atom. The molecule has 0 aliphatic heterocycles. The molecule has 0 radical (unpaired) electrons. The molecule has 0 bridgehead atoms. The van der Waals surface area contributed by atoms with Crippen LogP contribution in [0, 0.1) is 5.92 Å². The van der Waals surface area contributed by atoms with Crippen LogP contribution in [-0.2, 0) is 9.84 Å². The Morgan fingerprint density at radius 1 is 1.55 bits per heavy atom. The number of rotatable bonds is 3. The van der Waals surface area contributed by atoms with E-state index in [2.05, 4.69) is 0 Å². The van der Waals surface area contributed by atoms with Gasteiger partial charge in [-0.2, -0.15) is 0 Å². The number of alkyl halides is 1. The van der Waals surface area contributed by atoms with Gasteiger partial charge >= 0.3 is 0 Å². The lowest BCUT2D eigenvalue weighted by molar-refractivity contribution is 0.169. The van der Waals surface area contributed by atoms with Crippen molar-refractivity contribution in [3.63, 3.8) is 0 Å². The van der Waals surface area contributed by atoms with Crippen molar-refractivity contribution >= 4 is 32.4 Å². The molecular weight excluding hydrogens is 279 g/mol. The maximum absolute atomic E-state index is 10.9. The van der Waals surface area contributed by atoms with Crippen LogP contribution in [0.2, 0.25) is 0 Å². The average Bonchev–Trinajstić information content (AvgIpc) is 2.63. The summed E-state index contributed by atoms with van der Waals surface area (Å²) in [5.41, 5.74) is 0. The minimum Gasteiger partial charge on any atom is -0.391 e. The highest BCUT2D eigenvalue weighted by Crippen LogP contribution is 2.36. The molecule has 0 saturated heterocycles. The maximum atomic E-state index is 10.9. The fraction of sp³-hybridized carbons (Fsp3) is 1.00. The minimum atomic E-state index is -3.07. The molecule has 11 heavy (non-hydrogen) atoms. The summed E-state index contributed by atoms with van der Waals surface area (Å²) in [6.07, 6.45) is 2.44. The highest BCUT2D eigenvalue weighted by molar-refractivity contribution is 14.1. The summed E-state index contributed by atoms with van der Waals surface area (Å²) < 4.78 is 21.2. The van der Waals surface area contributed by atoms with Gasteiger partial charge in [-0.15, -0.1) is 0 Å². The molecule has 66 valence electrons. The summed E-state index contributed by atoms with van der Waals surface area (Å²) in [5.74, 6) is 0.228. The molecule has 2 atom stereocenters. The molecule has 0 amide bonds. The number of hydrogen-bond donors (Lipinski definition) is 1. The third-order valence-corrected chi connectivity index (χ3v) is 6.39. The summed E-state index contributed by atoms with van der Waals surface area (Å²) in [7, 11) is -3.07. The van der Waals surface area contributed by atoms with Gasteiger partial charge in [0.25, 0.3) is 0 Å². The van der Waals surface area contributed by atoms with Gasteiger partial charge in [0.1, 0.15) is 3.26 Å². The second-order valence-corrected chi connectivity index (χ2v) is 7.36. The number of sulfone groups is 1. The molecule has 1 fully saturated rings. The first-order valence-electron chi connectivity index (χ1n) is 3.44. The average molecular weight is 290 g/mol. The lowest BCUT2D eigenvalue weighted by Crippen LogP contribution is -2.29. The highest BCUT2D eigenvalue weighted by atomic mass is 127. The third-order valence-electron chi connectivity index (χ3n) is 1.78. The van der Waals surface area contributed by atoms with E-state index < -0.39 is 19.2 Å². The lowest BCUT2D eigenvalue weighted by Gasteiger charge is -2.14. The zero-order valence-corrected chi connectivity index (χ0v) is 9.17. The molecule has 5 heteroatoms. The van der Waals surface area contributed by atoms with Crippen LogP contribution in [0.1, 0.15) is 12.8 Å². The Labute approximate surface area is 80.2 Å². The van der Waals surface area contributed by atoms with Gasteiger partial charge in [0, 0.05) is 6.26 Å². The Bertz CT molecular complexity index is 232. The Kier molecular flexibility index (Phi) is 2.81. The zero-order valence-electron chi connectivity index (χ0n) is 6.20. The monoisotopic (exact) mass is 290 g/mol. The normalized spacial score (nSPS) is 24.6. The molecule has 0 heterocycles. The van der Waals surface area contributed by atoms with E-state index in [0.717, 1.165) is 19.1 Å². The van der Waals surface area contributed by atoms with Crippen LogP contribution >= 0.6 is 22.6 Å². The topological polar surface area (TPSA) is 54.4 Å². The van der Waals surface area contributed by atoms with E-state index in [1.807, 2.05) is 0 Å². The van der Waals surface area contributed by atoms with Crippen LogP contribution in [0.4, 0.5) is 0 Å². The van der Waals surface area contributed by atoms with Gasteiger partial charge in [-0.1, -0.05) is 22.6 Å². The SMILES string of the molecule is CS(=O)(=O)C(I)C(O)C1CC1.